The average molecular weight is 398 g/mol. The summed E-state index contributed by atoms with van der Waals surface area (Å²) in [6.45, 7) is -0.609. The molecule has 2 N–H and O–H groups in total. The number of amides is 1. The predicted octanol–water partition coefficient (Wildman–Crippen LogP) is 3.74. The highest BCUT2D eigenvalue weighted by Crippen LogP contribution is 2.29. The molecule has 0 spiro atoms. The lowest BCUT2D eigenvalue weighted by Crippen LogP contribution is -2.21. The molecular weight excluding hydrogens is 385 g/mol. The average Bonchev–Trinajstić information content (AvgIpc) is 2.62. The quantitative estimate of drug-likeness (QED) is 0.436. The maximum Gasteiger partial charge on any atom is 0.338 e. The second-order valence-corrected chi connectivity index (χ2v) is 5.77. The molecule has 0 aromatic heterocycles. The highest BCUT2D eigenvalue weighted by molar-refractivity contribution is 6.39. The van der Waals surface area contributed by atoms with Crippen molar-refractivity contribution >= 4 is 52.1 Å². The summed E-state index contributed by atoms with van der Waals surface area (Å²) in [6, 6.07) is 8.48. The van der Waals surface area contributed by atoms with Crippen molar-refractivity contribution in [2.45, 2.75) is 0 Å². The van der Waals surface area contributed by atoms with Gasteiger partial charge in [0.15, 0.2) is 6.61 Å². The molecule has 0 saturated carbocycles. The second-order valence-electron chi connectivity index (χ2n) is 4.96. The van der Waals surface area contributed by atoms with Gasteiger partial charge in [-0.3, -0.25) is 14.9 Å². The second kappa shape index (κ2) is 8.50. The van der Waals surface area contributed by atoms with Gasteiger partial charge in [-0.1, -0.05) is 29.3 Å². The van der Waals surface area contributed by atoms with Gasteiger partial charge in [0.2, 0.25) is 0 Å². The van der Waals surface area contributed by atoms with Crippen LogP contribution in [0.1, 0.15) is 10.4 Å². The van der Waals surface area contributed by atoms with Crippen molar-refractivity contribution in [3.05, 3.63) is 62.1 Å². The van der Waals surface area contributed by atoms with Gasteiger partial charge in [-0.15, -0.1) is 0 Å². The summed E-state index contributed by atoms with van der Waals surface area (Å²) in [5.41, 5.74) is 0.108. The van der Waals surface area contributed by atoms with Gasteiger partial charge in [0.25, 0.3) is 11.6 Å². The smallest absolute Gasteiger partial charge is 0.338 e. The molecule has 0 aliphatic rings. The predicted molar refractivity (Wildman–Crippen MR) is 98.0 cm³/mol. The maximum absolute atomic E-state index is 12.0. The Kier molecular flexibility index (Phi) is 6.37. The Morgan fingerprint density at radius 1 is 1.19 bits per heavy atom. The minimum atomic E-state index is -0.879. The number of esters is 1. The summed E-state index contributed by atoms with van der Waals surface area (Å²) in [5, 5.41) is 16.6. The fourth-order valence-corrected chi connectivity index (χ4v) is 2.52. The number of nitrogens with zero attached hydrogens (tertiary/aromatic N) is 1. The first-order valence-electron chi connectivity index (χ1n) is 7.20. The van der Waals surface area contributed by atoms with E-state index in [4.69, 9.17) is 27.9 Å². The Labute approximate surface area is 158 Å². The first kappa shape index (κ1) is 19.5. The third-order valence-electron chi connectivity index (χ3n) is 3.26. The van der Waals surface area contributed by atoms with Gasteiger partial charge in [0.1, 0.15) is 5.69 Å². The van der Waals surface area contributed by atoms with Crippen molar-refractivity contribution in [1.82, 2.24) is 0 Å². The number of ether oxygens (including phenoxy) is 1. The number of carbonyl (C=O) groups is 2. The van der Waals surface area contributed by atoms with Crippen LogP contribution in [0, 0.1) is 10.1 Å². The normalized spacial score (nSPS) is 10.1. The number of hydrogen-bond donors (Lipinski definition) is 2. The lowest BCUT2D eigenvalue weighted by Gasteiger charge is -2.10. The molecule has 0 heterocycles. The molecule has 0 aliphatic heterocycles. The number of carbonyl (C=O) groups excluding carboxylic acids is 2. The van der Waals surface area contributed by atoms with Crippen LogP contribution in [-0.2, 0) is 9.53 Å². The zero-order chi connectivity index (χ0) is 19.3. The molecule has 0 radical (unpaired) electrons. The van der Waals surface area contributed by atoms with Crippen molar-refractivity contribution < 1.29 is 19.2 Å². The Bertz CT molecular complexity index is 853. The van der Waals surface area contributed by atoms with Crippen LogP contribution in [0.5, 0.6) is 0 Å². The Balaban J connectivity index is 2.03. The first-order valence-corrected chi connectivity index (χ1v) is 7.96. The number of nitro groups is 1. The van der Waals surface area contributed by atoms with Crippen molar-refractivity contribution in [3.63, 3.8) is 0 Å². The van der Waals surface area contributed by atoms with Gasteiger partial charge >= 0.3 is 5.97 Å². The number of benzene rings is 2. The molecule has 0 unspecified atom stereocenters. The topological polar surface area (TPSA) is 111 Å². The van der Waals surface area contributed by atoms with E-state index in [0.717, 1.165) is 6.07 Å². The number of halogens is 2. The molecule has 0 saturated heterocycles. The summed E-state index contributed by atoms with van der Waals surface area (Å²) in [6.07, 6.45) is 0. The zero-order valence-corrected chi connectivity index (χ0v) is 14.9. The van der Waals surface area contributed by atoms with E-state index in [1.54, 1.807) is 6.07 Å². The molecule has 0 atom stereocenters. The highest BCUT2D eigenvalue weighted by atomic mass is 35.5. The molecule has 10 heteroatoms. The van der Waals surface area contributed by atoms with Crippen molar-refractivity contribution in [2.75, 3.05) is 24.3 Å². The summed E-state index contributed by atoms with van der Waals surface area (Å²) in [7, 11) is 1.52. The van der Waals surface area contributed by atoms with Crippen LogP contribution >= 0.6 is 23.2 Å². The van der Waals surface area contributed by atoms with Gasteiger partial charge in [0.05, 0.1) is 26.2 Å². The van der Waals surface area contributed by atoms with Crippen molar-refractivity contribution in [3.8, 4) is 0 Å². The van der Waals surface area contributed by atoms with E-state index in [9.17, 15) is 19.7 Å². The first-order chi connectivity index (χ1) is 12.3. The largest absolute Gasteiger partial charge is 0.452 e. The van der Waals surface area contributed by atoms with E-state index in [2.05, 4.69) is 10.6 Å². The summed E-state index contributed by atoms with van der Waals surface area (Å²) < 4.78 is 4.87. The molecule has 2 rings (SSSR count). The fourth-order valence-electron chi connectivity index (χ4n) is 2.03. The van der Waals surface area contributed by atoms with E-state index in [1.807, 2.05) is 0 Å². The van der Waals surface area contributed by atoms with Crippen LogP contribution in [0.4, 0.5) is 17.1 Å². The molecule has 0 bridgehead atoms. The summed E-state index contributed by atoms with van der Waals surface area (Å²) >= 11 is 11.9. The minimum absolute atomic E-state index is 0.0562. The van der Waals surface area contributed by atoms with Gasteiger partial charge in [-0.05, 0) is 24.3 Å². The van der Waals surface area contributed by atoms with Crippen LogP contribution in [0.25, 0.3) is 0 Å². The standard InChI is InChI=1S/C16H13Cl2N3O5/c1-19-12-6-5-9(7-13(12)21(24)25)16(23)26-8-14(22)20-15-10(17)3-2-4-11(15)18/h2-7,19H,8H2,1H3,(H,20,22). The van der Waals surface area contributed by atoms with E-state index >= 15 is 0 Å². The van der Waals surface area contributed by atoms with E-state index in [0.29, 0.717) is 0 Å². The zero-order valence-electron chi connectivity index (χ0n) is 13.4. The van der Waals surface area contributed by atoms with Crippen LogP contribution in [0.15, 0.2) is 36.4 Å². The van der Waals surface area contributed by atoms with E-state index in [-0.39, 0.29) is 32.7 Å². The SMILES string of the molecule is CNc1ccc(C(=O)OCC(=O)Nc2c(Cl)cccc2Cl)cc1[N+](=O)[O-]. The molecule has 26 heavy (non-hydrogen) atoms. The monoisotopic (exact) mass is 397 g/mol. The number of rotatable bonds is 6. The molecule has 2 aromatic carbocycles. The lowest BCUT2D eigenvalue weighted by molar-refractivity contribution is -0.384. The molecule has 0 fully saturated rings. The van der Waals surface area contributed by atoms with Crippen molar-refractivity contribution in [1.29, 1.82) is 0 Å². The number of para-hydroxylation sites is 1. The third kappa shape index (κ3) is 4.62. The summed E-state index contributed by atoms with van der Waals surface area (Å²) in [4.78, 5) is 34.3. The van der Waals surface area contributed by atoms with Gasteiger partial charge in [0, 0.05) is 13.1 Å². The number of nitro benzene ring substituents is 1. The Morgan fingerprint density at radius 3 is 2.42 bits per heavy atom. The van der Waals surface area contributed by atoms with Gasteiger partial charge < -0.3 is 15.4 Å². The molecular formula is C16H13Cl2N3O5. The molecule has 1 amide bonds. The fraction of sp³-hybridized carbons (Fsp3) is 0.125. The van der Waals surface area contributed by atoms with Crippen LogP contribution in [-0.4, -0.2) is 30.5 Å². The van der Waals surface area contributed by atoms with Gasteiger partial charge in [-0.25, -0.2) is 4.79 Å². The number of anilines is 2. The molecule has 8 nitrogen and oxygen atoms in total. The number of nitrogens with one attached hydrogen (secondary N) is 2. The Hall–Kier alpha value is -2.84. The molecule has 0 aliphatic carbocycles. The maximum atomic E-state index is 12.0. The molecule has 2 aromatic rings. The van der Waals surface area contributed by atoms with Gasteiger partial charge in [-0.2, -0.15) is 0 Å². The third-order valence-corrected chi connectivity index (χ3v) is 3.89. The van der Waals surface area contributed by atoms with E-state index < -0.39 is 23.4 Å². The van der Waals surface area contributed by atoms with Crippen molar-refractivity contribution in [2.24, 2.45) is 0 Å². The van der Waals surface area contributed by atoms with Crippen LogP contribution in [0.3, 0.4) is 0 Å². The minimum Gasteiger partial charge on any atom is -0.452 e. The molecule has 136 valence electrons. The number of hydrogen-bond acceptors (Lipinski definition) is 6. The van der Waals surface area contributed by atoms with Crippen LogP contribution in [0.2, 0.25) is 10.0 Å². The van der Waals surface area contributed by atoms with E-state index in [1.165, 1.54) is 31.3 Å². The van der Waals surface area contributed by atoms with Crippen LogP contribution < -0.4 is 10.6 Å². The lowest BCUT2D eigenvalue weighted by atomic mass is 10.1. The highest BCUT2D eigenvalue weighted by Gasteiger charge is 2.18. The summed E-state index contributed by atoms with van der Waals surface area (Å²) in [5.74, 6) is -1.54. The Morgan fingerprint density at radius 2 is 1.85 bits per heavy atom.